The van der Waals surface area contributed by atoms with Crippen LogP contribution < -0.4 is 0 Å². The monoisotopic (exact) mass is 183 g/mol. The van der Waals surface area contributed by atoms with Gasteiger partial charge in [0.15, 0.2) is 0 Å². The third-order valence-corrected chi connectivity index (χ3v) is 3.67. The first kappa shape index (κ1) is 9.47. The lowest BCUT2D eigenvalue weighted by Crippen LogP contribution is -2.53. The second-order valence-electron chi connectivity index (χ2n) is 5.21. The molecule has 0 amide bonds. The van der Waals surface area contributed by atoms with E-state index in [2.05, 4.69) is 18.7 Å². The molecule has 0 radical (unpaired) electrons. The maximum Gasteiger partial charge on any atom is 0.0793 e. The topological polar surface area (TPSA) is 23.5 Å². The Kier molecular flexibility index (Phi) is 2.61. The largest absolute Gasteiger partial charge is 0.390 e. The van der Waals surface area contributed by atoms with E-state index in [0.717, 1.165) is 30.8 Å². The molecule has 1 saturated carbocycles. The van der Waals surface area contributed by atoms with E-state index >= 15 is 0 Å². The lowest BCUT2D eigenvalue weighted by atomic mass is 9.69. The Bertz CT molecular complexity index is 169. The summed E-state index contributed by atoms with van der Waals surface area (Å²) in [6.45, 7) is 7.73. The van der Waals surface area contributed by atoms with Crippen LogP contribution in [0.5, 0.6) is 0 Å². The molecule has 1 aliphatic heterocycles. The summed E-state index contributed by atoms with van der Waals surface area (Å²) in [5, 5.41) is 9.12. The molecule has 13 heavy (non-hydrogen) atoms. The van der Waals surface area contributed by atoms with Gasteiger partial charge in [-0.05, 0) is 30.6 Å². The van der Waals surface area contributed by atoms with Crippen LogP contribution in [0.15, 0.2) is 0 Å². The summed E-state index contributed by atoms with van der Waals surface area (Å²) in [5.74, 6) is 2.79. The van der Waals surface area contributed by atoms with Crippen molar-refractivity contribution in [3.8, 4) is 0 Å². The average Bonchev–Trinajstić information content (AvgIpc) is 1.90. The van der Waals surface area contributed by atoms with Crippen LogP contribution in [0.25, 0.3) is 0 Å². The predicted octanol–water partition coefficient (Wildman–Crippen LogP) is 1.35. The number of β-amino-alcohol motifs (C(OH)–C–C–N with tert-alkyl or cyclic N) is 1. The number of hydrogen-bond donors (Lipinski definition) is 1. The fourth-order valence-corrected chi connectivity index (χ4v) is 2.54. The second-order valence-corrected chi connectivity index (χ2v) is 5.21. The molecule has 0 atom stereocenters. The molecule has 0 aromatic carbocycles. The highest BCUT2D eigenvalue weighted by Crippen LogP contribution is 2.39. The van der Waals surface area contributed by atoms with Gasteiger partial charge in [0.2, 0.25) is 0 Å². The van der Waals surface area contributed by atoms with Gasteiger partial charge in [0, 0.05) is 19.6 Å². The highest BCUT2D eigenvalue weighted by molar-refractivity contribution is 4.87. The van der Waals surface area contributed by atoms with E-state index in [9.17, 15) is 0 Å². The molecule has 0 aromatic rings. The van der Waals surface area contributed by atoms with Crippen LogP contribution in [0, 0.1) is 17.8 Å². The van der Waals surface area contributed by atoms with Gasteiger partial charge in [-0.2, -0.15) is 0 Å². The molecule has 2 fully saturated rings. The van der Waals surface area contributed by atoms with E-state index in [4.69, 9.17) is 5.11 Å². The van der Waals surface area contributed by atoms with Gasteiger partial charge >= 0.3 is 0 Å². The Hall–Kier alpha value is -0.0800. The number of likely N-dealkylation sites (tertiary alicyclic amines) is 1. The summed E-state index contributed by atoms with van der Waals surface area (Å²) in [4.78, 5) is 2.38. The highest BCUT2D eigenvalue weighted by Gasteiger charge is 2.34. The summed E-state index contributed by atoms with van der Waals surface area (Å²) in [5.41, 5.74) is 0. The van der Waals surface area contributed by atoms with Crippen molar-refractivity contribution in [1.29, 1.82) is 0 Å². The van der Waals surface area contributed by atoms with Gasteiger partial charge in [0.05, 0.1) is 6.10 Å². The van der Waals surface area contributed by atoms with E-state index in [1.165, 1.54) is 19.4 Å². The van der Waals surface area contributed by atoms with Gasteiger partial charge in [0.25, 0.3) is 0 Å². The summed E-state index contributed by atoms with van der Waals surface area (Å²) < 4.78 is 0. The number of rotatable bonds is 3. The number of hydrogen-bond acceptors (Lipinski definition) is 2. The number of nitrogens with zero attached hydrogens (tertiary/aromatic N) is 1. The Morgan fingerprint density at radius 1 is 1.31 bits per heavy atom. The van der Waals surface area contributed by atoms with E-state index in [1.807, 2.05) is 0 Å². The van der Waals surface area contributed by atoms with E-state index in [1.54, 1.807) is 0 Å². The zero-order chi connectivity index (χ0) is 9.42. The van der Waals surface area contributed by atoms with Gasteiger partial charge in [-0.15, -0.1) is 0 Å². The van der Waals surface area contributed by atoms with Crippen molar-refractivity contribution in [1.82, 2.24) is 4.90 Å². The Morgan fingerprint density at radius 3 is 2.38 bits per heavy atom. The van der Waals surface area contributed by atoms with Crippen molar-refractivity contribution in [3.05, 3.63) is 0 Å². The maximum atomic E-state index is 9.12. The minimum atomic E-state index is -0.0269. The van der Waals surface area contributed by atoms with Gasteiger partial charge in [-0.1, -0.05) is 13.8 Å². The van der Waals surface area contributed by atoms with Crippen LogP contribution >= 0.6 is 0 Å². The summed E-state index contributed by atoms with van der Waals surface area (Å²) >= 11 is 0. The summed E-state index contributed by atoms with van der Waals surface area (Å²) in [6, 6.07) is 0. The van der Waals surface area contributed by atoms with Gasteiger partial charge in [-0.25, -0.2) is 0 Å². The molecule has 1 N–H and O–H groups in total. The van der Waals surface area contributed by atoms with Crippen molar-refractivity contribution < 1.29 is 5.11 Å². The molecule has 2 nitrogen and oxygen atoms in total. The average molecular weight is 183 g/mol. The van der Waals surface area contributed by atoms with Crippen molar-refractivity contribution in [2.24, 2.45) is 17.8 Å². The molecule has 2 aliphatic rings. The lowest BCUT2D eigenvalue weighted by Gasteiger charge is -2.44. The molecular weight excluding hydrogens is 162 g/mol. The van der Waals surface area contributed by atoms with Crippen LogP contribution in [-0.4, -0.2) is 35.7 Å². The van der Waals surface area contributed by atoms with E-state index in [-0.39, 0.29) is 6.10 Å². The molecule has 1 saturated heterocycles. The number of aliphatic hydroxyl groups is 1. The van der Waals surface area contributed by atoms with Crippen LogP contribution in [0.2, 0.25) is 0 Å². The van der Waals surface area contributed by atoms with Crippen LogP contribution in [0.1, 0.15) is 26.7 Å². The molecule has 0 unspecified atom stereocenters. The van der Waals surface area contributed by atoms with Gasteiger partial charge in [0.1, 0.15) is 0 Å². The minimum Gasteiger partial charge on any atom is -0.390 e. The molecule has 0 spiro atoms. The van der Waals surface area contributed by atoms with Crippen molar-refractivity contribution in [3.63, 3.8) is 0 Å². The first-order chi connectivity index (χ1) is 6.15. The zero-order valence-corrected chi connectivity index (χ0v) is 8.74. The maximum absolute atomic E-state index is 9.12. The normalized spacial score (nSPS) is 36.0. The van der Waals surface area contributed by atoms with Crippen LogP contribution in [-0.2, 0) is 0 Å². The smallest absolute Gasteiger partial charge is 0.0793 e. The van der Waals surface area contributed by atoms with Crippen molar-refractivity contribution >= 4 is 0 Å². The standard InChI is InChI=1S/C11H21NO/c1-8(2)10-3-9(4-10)5-12-6-11(13)7-12/h8-11,13H,3-7H2,1-2H3. The molecule has 2 rings (SSSR count). The fourth-order valence-electron chi connectivity index (χ4n) is 2.54. The quantitative estimate of drug-likeness (QED) is 0.714. The predicted molar refractivity (Wildman–Crippen MR) is 53.5 cm³/mol. The van der Waals surface area contributed by atoms with Crippen LogP contribution in [0.4, 0.5) is 0 Å². The Morgan fingerprint density at radius 2 is 1.92 bits per heavy atom. The van der Waals surface area contributed by atoms with E-state index < -0.39 is 0 Å². The van der Waals surface area contributed by atoms with E-state index in [0.29, 0.717) is 0 Å². The molecule has 0 aromatic heterocycles. The number of aliphatic hydroxyl groups excluding tert-OH is 1. The molecular formula is C11H21NO. The van der Waals surface area contributed by atoms with Gasteiger partial charge in [-0.3, -0.25) is 4.90 Å². The molecule has 1 aliphatic carbocycles. The van der Waals surface area contributed by atoms with Crippen molar-refractivity contribution in [2.75, 3.05) is 19.6 Å². The first-order valence-electron chi connectivity index (χ1n) is 5.55. The third-order valence-electron chi connectivity index (χ3n) is 3.67. The Balaban J connectivity index is 1.59. The molecule has 76 valence electrons. The summed E-state index contributed by atoms with van der Waals surface area (Å²) in [6.07, 6.45) is 2.81. The summed E-state index contributed by atoms with van der Waals surface area (Å²) in [7, 11) is 0. The molecule has 2 heteroatoms. The lowest BCUT2D eigenvalue weighted by molar-refractivity contribution is -0.0237. The van der Waals surface area contributed by atoms with Gasteiger partial charge < -0.3 is 5.11 Å². The minimum absolute atomic E-state index is 0.0269. The highest BCUT2D eigenvalue weighted by atomic mass is 16.3. The zero-order valence-electron chi connectivity index (χ0n) is 8.74. The van der Waals surface area contributed by atoms with Crippen molar-refractivity contribution in [2.45, 2.75) is 32.8 Å². The first-order valence-corrected chi connectivity index (χ1v) is 5.55. The fraction of sp³-hybridized carbons (Fsp3) is 1.00. The SMILES string of the molecule is CC(C)C1CC(CN2CC(O)C2)C1. The molecule has 1 heterocycles. The third kappa shape index (κ3) is 2.05. The second kappa shape index (κ2) is 3.58. The Labute approximate surface area is 80.9 Å². The molecule has 0 bridgehead atoms. The van der Waals surface area contributed by atoms with Crippen LogP contribution in [0.3, 0.4) is 0 Å².